The predicted octanol–water partition coefficient (Wildman–Crippen LogP) is 1.57. The molecule has 0 amide bonds. The summed E-state index contributed by atoms with van der Waals surface area (Å²) in [5.74, 6) is -0.0494. The smallest absolute Gasteiger partial charge is 0.227 e. The van der Waals surface area contributed by atoms with Gasteiger partial charge in [-0.3, -0.25) is 4.79 Å². The lowest BCUT2D eigenvalue weighted by Gasteiger charge is -2.12. The number of hydrogen-bond acceptors (Lipinski definition) is 2. The number of rotatable bonds is 2. The summed E-state index contributed by atoms with van der Waals surface area (Å²) in [5.41, 5.74) is 0. The van der Waals surface area contributed by atoms with E-state index in [-0.39, 0.29) is 17.3 Å². The Morgan fingerprint density at radius 2 is 2.30 bits per heavy atom. The Morgan fingerprint density at radius 1 is 1.60 bits per heavy atom. The molecule has 1 aliphatic carbocycles. The first kappa shape index (κ1) is 8.02. The summed E-state index contributed by atoms with van der Waals surface area (Å²) in [6.07, 6.45) is 2.99. The molecule has 0 N–H and O–H groups in total. The quantitative estimate of drug-likeness (QED) is 0.577. The van der Waals surface area contributed by atoms with Crippen LogP contribution in [-0.4, -0.2) is 18.5 Å². The van der Waals surface area contributed by atoms with E-state index in [0.29, 0.717) is 0 Å². The molecule has 0 aliphatic heterocycles. The standard InChI is InChI=1S/C7H11ClO2/c1-10-6-4-2-3-5(6)7(8)9/h5-6H,2-4H2,1H3/t5-,6+/m1/s1. The van der Waals surface area contributed by atoms with Crippen molar-refractivity contribution in [2.75, 3.05) is 7.11 Å². The fourth-order valence-electron chi connectivity index (χ4n) is 1.47. The number of hydrogen-bond donors (Lipinski definition) is 0. The van der Waals surface area contributed by atoms with Crippen molar-refractivity contribution in [2.45, 2.75) is 25.4 Å². The summed E-state index contributed by atoms with van der Waals surface area (Å²) in [5, 5.41) is -0.246. The van der Waals surface area contributed by atoms with Crippen molar-refractivity contribution >= 4 is 16.8 Å². The van der Waals surface area contributed by atoms with E-state index in [4.69, 9.17) is 16.3 Å². The van der Waals surface area contributed by atoms with Gasteiger partial charge in [0.25, 0.3) is 0 Å². The maximum Gasteiger partial charge on any atom is 0.227 e. The van der Waals surface area contributed by atoms with Gasteiger partial charge in [-0.2, -0.15) is 0 Å². The van der Waals surface area contributed by atoms with E-state index in [2.05, 4.69) is 0 Å². The van der Waals surface area contributed by atoms with Gasteiger partial charge in [-0.15, -0.1) is 0 Å². The van der Waals surface area contributed by atoms with Crippen LogP contribution >= 0.6 is 11.6 Å². The third-order valence-corrected chi connectivity index (χ3v) is 2.33. The average molecular weight is 163 g/mol. The number of carbonyl (C=O) groups is 1. The molecule has 1 fully saturated rings. The molecule has 0 aromatic heterocycles. The third kappa shape index (κ3) is 1.50. The van der Waals surface area contributed by atoms with Gasteiger partial charge in [0.15, 0.2) is 0 Å². The summed E-state index contributed by atoms with van der Waals surface area (Å²) >= 11 is 5.34. The van der Waals surface area contributed by atoms with E-state index in [9.17, 15) is 4.79 Å². The normalized spacial score (nSPS) is 32.6. The van der Waals surface area contributed by atoms with Crippen molar-refractivity contribution in [2.24, 2.45) is 5.92 Å². The molecule has 2 atom stereocenters. The zero-order valence-electron chi connectivity index (χ0n) is 5.97. The van der Waals surface area contributed by atoms with E-state index >= 15 is 0 Å². The minimum atomic E-state index is -0.246. The van der Waals surface area contributed by atoms with Crippen molar-refractivity contribution in [3.63, 3.8) is 0 Å². The Bertz CT molecular complexity index is 136. The van der Waals surface area contributed by atoms with Gasteiger partial charge in [-0.25, -0.2) is 0 Å². The Kier molecular flexibility index (Phi) is 2.69. The molecule has 0 heterocycles. The fraction of sp³-hybridized carbons (Fsp3) is 0.857. The molecule has 0 radical (unpaired) electrons. The first-order valence-electron chi connectivity index (χ1n) is 3.48. The van der Waals surface area contributed by atoms with E-state index in [0.717, 1.165) is 19.3 Å². The number of carbonyl (C=O) groups excluding carboxylic acids is 1. The molecule has 58 valence electrons. The van der Waals surface area contributed by atoms with E-state index in [1.807, 2.05) is 0 Å². The molecule has 3 heteroatoms. The van der Waals surface area contributed by atoms with Crippen LogP contribution in [-0.2, 0) is 9.53 Å². The lowest BCUT2D eigenvalue weighted by atomic mass is 10.1. The van der Waals surface area contributed by atoms with Crippen LogP contribution in [0.15, 0.2) is 0 Å². The molecule has 0 saturated heterocycles. The van der Waals surface area contributed by atoms with Crippen LogP contribution in [0.25, 0.3) is 0 Å². The van der Waals surface area contributed by atoms with Gasteiger partial charge in [-0.1, -0.05) is 0 Å². The molecule has 1 saturated carbocycles. The number of ether oxygens (including phenoxy) is 1. The summed E-state index contributed by atoms with van der Waals surface area (Å²) < 4.78 is 5.08. The molecule has 0 aromatic rings. The highest BCUT2D eigenvalue weighted by atomic mass is 35.5. The molecule has 1 rings (SSSR count). The largest absolute Gasteiger partial charge is 0.381 e. The number of halogens is 1. The van der Waals surface area contributed by atoms with E-state index in [1.54, 1.807) is 7.11 Å². The third-order valence-electron chi connectivity index (χ3n) is 2.05. The second-order valence-corrected chi connectivity index (χ2v) is 2.99. The first-order valence-corrected chi connectivity index (χ1v) is 3.85. The van der Waals surface area contributed by atoms with Gasteiger partial charge in [0.2, 0.25) is 5.24 Å². The Labute approximate surface area is 65.5 Å². The molecule has 10 heavy (non-hydrogen) atoms. The van der Waals surface area contributed by atoms with Gasteiger partial charge in [0.05, 0.1) is 12.0 Å². The van der Waals surface area contributed by atoms with Crippen LogP contribution in [0, 0.1) is 5.92 Å². The zero-order valence-corrected chi connectivity index (χ0v) is 6.73. The Balaban J connectivity index is 2.50. The van der Waals surface area contributed by atoms with Gasteiger partial charge in [0.1, 0.15) is 0 Å². The average Bonchev–Trinajstić information content (AvgIpc) is 2.33. The van der Waals surface area contributed by atoms with Crippen molar-refractivity contribution in [3.05, 3.63) is 0 Å². The molecule has 1 aliphatic rings. The Hall–Kier alpha value is -0.0800. The molecule has 0 unspecified atom stereocenters. The van der Waals surface area contributed by atoms with Crippen molar-refractivity contribution in [3.8, 4) is 0 Å². The van der Waals surface area contributed by atoms with E-state index in [1.165, 1.54) is 0 Å². The SMILES string of the molecule is CO[C@H]1CCC[C@H]1C(=O)Cl. The van der Waals surface area contributed by atoms with Crippen LogP contribution < -0.4 is 0 Å². The lowest BCUT2D eigenvalue weighted by Crippen LogP contribution is -2.21. The summed E-state index contributed by atoms with van der Waals surface area (Å²) in [6.45, 7) is 0. The minimum absolute atomic E-state index is 0.0494. The highest BCUT2D eigenvalue weighted by molar-refractivity contribution is 6.64. The van der Waals surface area contributed by atoms with Gasteiger partial charge in [0, 0.05) is 7.11 Å². The van der Waals surface area contributed by atoms with Gasteiger partial charge in [-0.05, 0) is 30.9 Å². The van der Waals surface area contributed by atoms with Gasteiger partial charge < -0.3 is 4.74 Å². The number of methoxy groups -OCH3 is 1. The zero-order chi connectivity index (χ0) is 7.56. The lowest BCUT2D eigenvalue weighted by molar-refractivity contribution is -0.118. The molecular formula is C7H11ClO2. The topological polar surface area (TPSA) is 26.3 Å². The Morgan fingerprint density at radius 3 is 2.70 bits per heavy atom. The van der Waals surface area contributed by atoms with Crippen LogP contribution in [0.3, 0.4) is 0 Å². The highest BCUT2D eigenvalue weighted by Crippen LogP contribution is 2.29. The predicted molar refractivity (Wildman–Crippen MR) is 39.0 cm³/mol. The van der Waals surface area contributed by atoms with Crippen LogP contribution in [0.1, 0.15) is 19.3 Å². The van der Waals surface area contributed by atoms with E-state index < -0.39 is 0 Å². The molecule has 2 nitrogen and oxygen atoms in total. The fourth-order valence-corrected chi connectivity index (χ4v) is 1.72. The van der Waals surface area contributed by atoms with Crippen LogP contribution in [0.2, 0.25) is 0 Å². The van der Waals surface area contributed by atoms with Crippen molar-refractivity contribution < 1.29 is 9.53 Å². The van der Waals surface area contributed by atoms with Crippen molar-refractivity contribution in [1.29, 1.82) is 0 Å². The maximum absolute atomic E-state index is 10.7. The summed E-state index contributed by atoms with van der Waals surface area (Å²) in [7, 11) is 1.63. The minimum Gasteiger partial charge on any atom is -0.381 e. The van der Waals surface area contributed by atoms with Crippen LogP contribution in [0.4, 0.5) is 0 Å². The maximum atomic E-state index is 10.7. The second kappa shape index (κ2) is 3.35. The second-order valence-electron chi connectivity index (χ2n) is 2.62. The van der Waals surface area contributed by atoms with Gasteiger partial charge >= 0.3 is 0 Å². The van der Waals surface area contributed by atoms with Crippen molar-refractivity contribution in [1.82, 2.24) is 0 Å². The first-order chi connectivity index (χ1) is 4.75. The van der Waals surface area contributed by atoms with Crippen LogP contribution in [0.5, 0.6) is 0 Å². The molecule has 0 spiro atoms. The summed E-state index contributed by atoms with van der Waals surface area (Å²) in [4.78, 5) is 10.7. The molecular weight excluding hydrogens is 152 g/mol. The highest BCUT2D eigenvalue weighted by Gasteiger charge is 2.31. The molecule has 0 bridgehead atoms. The monoisotopic (exact) mass is 162 g/mol. The molecule has 0 aromatic carbocycles. The summed E-state index contributed by atoms with van der Waals surface area (Å²) in [6, 6.07) is 0.